The average molecular weight is 251 g/mol. The summed E-state index contributed by atoms with van der Waals surface area (Å²) in [4.78, 5) is 11.0. The summed E-state index contributed by atoms with van der Waals surface area (Å²) in [5.74, 6) is -0.582. The van der Waals surface area contributed by atoms with Crippen LogP contribution in [0.2, 0.25) is 0 Å². The van der Waals surface area contributed by atoms with Crippen molar-refractivity contribution < 1.29 is 13.9 Å². The summed E-state index contributed by atoms with van der Waals surface area (Å²) < 4.78 is 17.5. The van der Waals surface area contributed by atoms with E-state index >= 15 is 0 Å². The summed E-state index contributed by atoms with van der Waals surface area (Å²) >= 11 is 0. The molecule has 1 aromatic carbocycles. The predicted octanol–water partition coefficient (Wildman–Crippen LogP) is 2.60. The van der Waals surface area contributed by atoms with Gasteiger partial charge in [0.2, 0.25) is 0 Å². The smallest absolute Gasteiger partial charge is 0.330 e. The highest BCUT2D eigenvalue weighted by molar-refractivity contribution is 5.81. The molecule has 0 saturated carbocycles. The molecule has 0 bridgehead atoms. The Bertz CT molecular complexity index is 401. The van der Waals surface area contributed by atoms with Gasteiger partial charge in [-0.25, -0.2) is 9.18 Å². The van der Waals surface area contributed by atoms with Crippen molar-refractivity contribution in [2.24, 2.45) is 0 Å². The average Bonchev–Trinajstić information content (AvgIpc) is 2.35. The van der Waals surface area contributed by atoms with Gasteiger partial charge in [-0.2, -0.15) is 0 Å². The Morgan fingerprint density at radius 3 is 2.72 bits per heavy atom. The van der Waals surface area contributed by atoms with Crippen LogP contribution in [0.25, 0.3) is 0 Å². The van der Waals surface area contributed by atoms with Crippen molar-refractivity contribution in [2.45, 2.75) is 19.9 Å². The first kappa shape index (κ1) is 14.4. The Morgan fingerprint density at radius 1 is 1.44 bits per heavy atom. The van der Waals surface area contributed by atoms with Crippen LogP contribution in [0, 0.1) is 5.82 Å². The molecule has 0 heterocycles. The lowest BCUT2D eigenvalue weighted by Crippen LogP contribution is -2.18. The largest absolute Gasteiger partial charge is 0.463 e. The highest BCUT2D eigenvalue weighted by Crippen LogP contribution is 2.12. The van der Waals surface area contributed by atoms with Crippen LogP contribution in [0.1, 0.15) is 25.5 Å². The second-order valence-corrected chi connectivity index (χ2v) is 3.84. The van der Waals surface area contributed by atoms with Gasteiger partial charge in [-0.15, -0.1) is 0 Å². The van der Waals surface area contributed by atoms with Crippen LogP contribution in [0.5, 0.6) is 0 Å². The van der Waals surface area contributed by atoms with Crippen molar-refractivity contribution in [3.05, 3.63) is 47.8 Å². The maximum absolute atomic E-state index is 12.7. The molecule has 1 N–H and O–H groups in total. The van der Waals surface area contributed by atoms with E-state index in [9.17, 15) is 9.18 Å². The van der Waals surface area contributed by atoms with Crippen molar-refractivity contribution in [1.29, 1.82) is 0 Å². The van der Waals surface area contributed by atoms with Gasteiger partial charge in [0.25, 0.3) is 0 Å². The molecule has 4 heteroatoms. The van der Waals surface area contributed by atoms with Crippen molar-refractivity contribution in [2.75, 3.05) is 13.2 Å². The van der Waals surface area contributed by atoms with Gasteiger partial charge in [-0.3, -0.25) is 0 Å². The number of halogens is 1. The summed E-state index contributed by atoms with van der Waals surface area (Å²) in [7, 11) is 0. The number of esters is 1. The molecule has 18 heavy (non-hydrogen) atoms. The summed E-state index contributed by atoms with van der Waals surface area (Å²) in [6.07, 6.45) is 3.10. The molecule has 0 saturated heterocycles. The van der Waals surface area contributed by atoms with Crippen molar-refractivity contribution in [3.63, 3.8) is 0 Å². The van der Waals surface area contributed by atoms with Gasteiger partial charge in [0.1, 0.15) is 5.82 Å². The van der Waals surface area contributed by atoms with Crippen LogP contribution in [-0.2, 0) is 9.53 Å². The molecule has 1 atom stereocenters. The van der Waals surface area contributed by atoms with Crippen molar-refractivity contribution in [3.8, 4) is 0 Å². The molecule has 98 valence electrons. The summed E-state index contributed by atoms with van der Waals surface area (Å²) in [6, 6.07) is 6.44. The molecule has 0 fully saturated rings. The van der Waals surface area contributed by atoms with Gasteiger partial charge in [0.15, 0.2) is 0 Å². The Labute approximate surface area is 107 Å². The summed E-state index contributed by atoms with van der Waals surface area (Å²) in [6.45, 7) is 4.67. The standard InChI is InChI=1S/C14H18FNO2/c1-3-18-14(17)5-4-10-16-11(2)12-6-8-13(15)9-7-12/h4-9,11,16H,3,10H2,1-2H3/b5-4+/t11-/m1/s1. The number of carbonyl (C=O) groups excluding carboxylic acids is 1. The second kappa shape index (κ2) is 7.61. The van der Waals surface area contributed by atoms with Gasteiger partial charge >= 0.3 is 5.97 Å². The highest BCUT2D eigenvalue weighted by atomic mass is 19.1. The lowest BCUT2D eigenvalue weighted by Gasteiger charge is -2.12. The quantitative estimate of drug-likeness (QED) is 0.624. The lowest BCUT2D eigenvalue weighted by atomic mass is 10.1. The van der Waals surface area contributed by atoms with Crippen LogP contribution in [-0.4, -0.2) is 19.1 Å². The van der Waals surface area contributed by atoms with E-state index in [1.54, 1.807) is 25.1 Å². The van der Waals surface area contributed by atoms with E-state index in [0.29, 0.717) is 13.2 Å². The minimum Gasteiger partial charge on any atom is -0.463 e. The zero-order valence-corrected chi connectivity index (χ0v) is 10.7. The molecule has 0 aliphatic rings. The highest BCUT2D eigenvalue weighted by Gasteiger charge is 2.03. The van der Waals surface area contributed by atoms with E-state index in [1.165, 1.54) is 18.2 Å². The van der Waals surface area contributed by atoms with E-state index in [0.717, 1.165) is 5.56 Å². The first-order valence-electron chi connectivity index (χ1n) is 5.95. The minimum atomic E-state index is -0.339. The van der Waals surface area contributed by atoms with E-state index in [2.05, 4.69) is 5.32 Å². The molecule has 0 aliphatic carbocycles. The van der Waals surface area contributed by atoms with Crippen LogP contribution in [0.4, 0.5) is 4.39 Å². The van der Waals surface area contributed by atoms with Gasteiger partial charge in [0, 0.05) is 18.7 Å². The third kappa shape index (κ3) is 5.10. The van der Waals surface area contributed by atoms with Gasteiger partial charge in [-0.1, -0.05) is 18.2 Å². The summed E-state index contributed by atoms with van der Waals surface area (Å²) in [5, 5.41) is 3.20. The van der Waals surface area contributed by atoms with Crippen molar-refractivity contribution >= 4 is 5.97 Å². The maximum atomic E-state index is 12.7. The fourth-order valence-electron chi connectivity index (χ4n) is 1.46. The number of hydrogen-bond acceptors (Lipinski definition) is 3. The molecule has 0 amide bonds. The first-order valence-corrected chi connectivity index (χ1v) is 5.95. The van der Waals surface area contributed by atoms with Gasteiger partial charge in [0.05, 0.1) is 6.61 Å². The number of benzene rings is 1. The van der Waals surface area contributed by atoms with Gasteiger partial charge in [-0.05, 0) is 31.5 Å². The fraction of sp³-hybridized carbons (Fsp3) is 0.357. The number of nitrogens with one attached hydrogen (secondary N) is 1. The van der Waals surface area contributed by atoms with Crippen LogP contribution in [0.3, 0.4) is 0 Å². The molecule has 3 nitrogen and oxygen atoms in total. The van der Waals surface area contributed by atoms with Gasteiger partial charge < -0.3 is 10.1 Å². The molecule has 0 aromatic heterocycles. The molecule has 1 rings (SSSR count). The third-order valence-electron chi connectivity index (χ3n) is 2.45. The SMILES string of the molecule is CCOC(=O)/C=C/CN[C@H](C)c1ccc(F)cc1. The van der Waals surface area contributed by atoms with E-state index in [4.69, 9.17) is 4.74 Å². The normalized spacial score (nSPS) is 12.6. The Kier molecular flexibility index (Phi) is 6.08. The summed E-state index contributed by atoms with van der Waals surface area (Å²) in [5.41, 5.74) is 1.00. The van der Waals surface area contributed by atoms with E-state index in [-0.39, 0.29) is 17.8 Å². The molecule has 1 aromatic rings. The zero-order chi connectivity index (χ0) is 13.4. The Hall–Kier alpha value is -1.68. The topological polar surface area (TPSA) is 38.3 Å². The van der Waals surface area contributed by atoms with E-state index < -0.39 is 0 Å². The van der Waals surface area contributed by atoms with Crippen LogP contribution < -0.4 is 5.32 Å². The number of carbonyl (C=O) groups is 1. The predicted molar refractivity (Wildman–Crippen MR) is 68.6 cm³/mol. The van der Waals surface area contributed by atoms with E-state index in [1.807, 2.05) is 6.92 Å². The Morgan fingerprint density at radius 2 is 2.11 bits per heavy atom. The molecule has 0 radical (unpaired) electrons. The molecular formula is C14H18FNO2. The van der Waals surface area contributed by atoms with Crippen molar-refractivity contribution in [1.82, 2.24) is 5.32 Å². The zero-order valence-electron chi connectivity index (χ0n) is 10.7. The number of rotatable bonds is 6. The maximum Gasteiger partial charge on any atom is 0.330 e. The lowest BCUT2D eigenvalue weighted by molar-refractivity contribution is -0.137. The minimum absolute atomic E-state index is 0.0949. The fourth-order valence-corrected chi connectivity index (χ4v) is 1.46. The van der Waals surface area contributed by atoms with Crippen LogP contribution in [0.15, 0.2) is 36.4 Å². The monoisotopic (exact) mass is 251 g/mol. The molecule has 0 spiro atoms. The Balaban J connectivity index is 2.35. The molecular weight excluding hydrogens is 233 g/mol. The second-order valence-electron chi connectivity index (χ2n) is 3.84. The molecule has 0 unspecified atom stereocenters. The number of ether oxygens (including phenoxy) is 1. The number of hydrogen-bond donors (Lipinski definition) is 1. The molecule has 0 aliphatic heterocycles. The first-order chi connectivity index (χ1) is 8.63. The van der Waals surface area contributed by atoms with Crippen LogP contribution >= 0.6 is 0 Å². The third-order valence-corrected chi connectivity index (χ3v) is 2.45.